The van der Waals surface area contributed by atoms with Gasteiger partial charge in [-0.25, -0.2) is 0 Å². The predicted molar refractivity (Wildman–Crippen MR) is 37.0 cm³/mol. The zero-order chi connectivity index (χ0) is 8.32. The van der Waals surface area contributed by atoms with Crippen LogP contribution in [-0.2, 0) is 14.3 Å². The number of esters is 1. The molecule has 1 N–H and O–H groups in total. The highest BCUT2D eigenvalue weighted by molar-refractivity contribution is 5.77. The number of rotatable bonds is 3. The van der Waals surface area contributed by atoms with E-state index in [1.54, 1.807) is 0 Å². The maximum atomic E-state index is 11.1. The molecule has 0 spiro atoms. The Labute approximate surface area is 65.1 Å². The van der Waals surface area contributed by atoms with E-state index in [0.717, 1.165) is 0 Å². The highest BCUT2D eigenvalue weighted by Gasteiger charge is 2.46. The summed E-state index contributed by atoms with van der Waals surface area (Å²) in [4.78, 5) is 11.1. The minimum absolute atomic E-state index is 0.00153. The second-order valence-corrected chi connectivity index (χ2v) is 2.74. The fourth-order valence-corrected chi connectivity index (χ4v) is 1.14. The number of hydrogen-bond donors (Lipinski definition) is 1. The SMILES string of the molecule is COC(=O)C1(CCO)COC1. The van der Waals surface area contributed by atoms with Crippen LogP contribution in [0.4, 0.5) is 0 Å². The van der Waals surface area contributed by atoms with Crippen LogP contribution in [0.25, 0.3) is 0 Å². The molecule has 0 saturated carbocycles. The van der Waals surface area contributed by atoms with Gasteiger partial charge in [0.2, 0.25) is 0 Å². The number of aliphatic hydroxyl groups is 1. The Morgan fingerprint density at radius 1 is 1.73 bits per heavy atom. The molecule has 4 heteroatoms. The Bertz CT molecular complexity index is 151. The van der Waals surface area contributed by atoms with Gasteiger partial charge in [0.1, 0.15) is 5.41 Å². The highest BCUT2D eigenvalue weighted by Crippen LogP contribution is 2.32. The van der Waals surface area contributed by atoms with E-state index in [1.807, 2.05) is 0 Å². The number of aliphatic hydroxyl groups excluding tert-OH is 1. The lowest BCUT2D eigenvalue weighted by molar-refractivity contribution is -0.186. The summed E-state index contributed by atoms with van der Waals surface area (Å²) in [7, 11) is 1.35. The third-order valence-electron chi connectivity index (χ3n) is 1.97. The molecule has 0 aliphatic carbocycles. The monoisotopic (exact) mass is 160 g/mol. The van der Waals surface area contributed by atoms with Crippen LogP contribution in [0.3, 0.4) is 0 Å². The van der Waals surface area contributed by atoms with Gasteiger partial charge in [0, 0.05) is 6.61 Å². The number of methoxy groups -OCH3 is 1. The van der Waals surface area contributed by atoms with Gasteiger partial charge < -0.3 is 14.6 Å². The molecular formula is C7H12O4. The molecule has 0 aromatic rings. The van der Waals surface area contributed by atoms with E-state index in [4.69, 9.17) is 9.84 Å². The van der Waals surface area contributed by atoms with Gasteiger partial charge in [-0.3, -0.25) is 4.79 Å². The standard InChI is InChI=1S/C7H12O4/c1-10-6(9)7(2-3-8)4-11-5-7/h8H,2-5H2,1H3. The molecule has 0 atom stereocenters. The predicted octanol–water partition coefficient (Wildman–Crippen LogP) is -0.442. The Morgan fingerprint density at radius 3 is 2.64 bits per heavy atom. The van der Waals surface area contributed by atoms with Gasteiger partial charge in [-0.15, -0.1) is 0 Å². The summed E-state index contributed by atoms with van der Waals surface area (Å²) in [6.45, 7) is 0.749. The summed E-state index contributed by atoms with van der Waals surface area (Å²) >= 11 is 0. The van der Waals surface area contributed by atoms with Crippen LogP contribution in [0, 0.1) is 5.41 Å². The Balaban J connectivity index is 2.52. The molecular weight excluding hydrogens is 148 g/mol. The maximum absolute atomic E-state index is 11.1. The van der Waals surface area contributed by atoms with Crippen LogP contribution in [0.15, 0.2) is 0 Å². The molecule has 11 heavy (non-hydrogen) atoms. The number of carbonyl (C=O) groups is 1. The van der Waals surface area contributed by atoms with Gasteiger partial charge in [-0.2, -0.15) is 0 Å². The van der Waals surface area contributed by atoms with Crippen LogP contribution in [0.2, 0.25) is 0 Å². The quantitative estimate of drug-likeness (QED) is 0.568. The molecule has 1 aliphatic heterocycles. The molecule has 0 bridgehead atoms. The Kier molecular flexibility index (Phi) is 2.46. The van der Waals surface area contributed by atoms with Gasteiger partial charge in [0.15, 0.2) is 0 Å². The van der Waals surface area contributed by atoms with Crippen LogP contribution < -0.4 is 0 Å². The second kappa shape index (κ2) is 3.19. The topological polar surface area (TPSA) is 55.8 Å². The van der Waals surface area contributed by atoms with Gasteiger partial charge in [0.25, 0.3) is 0 Å². The molecule has 1 fully saturated rings. The summed E-state index contributed by atoms with van der Waals surface area (Å²) in [6.07, 6.45) is 0.430. The third kappa shape index (κ3) is 1.36. The summed E-state index contributed by atoms with van der Waals surface area (Å²) < 4.78 is 9.48. The summed E-state index contributed by atoms with van der Waals surface area (Å²) in [5.74, 6) is -0.280. The van der Waals surface area contributed by atoms with E-state index in [0.29, 0.717) is 19.6 Å². The van der Waals surface area contributed by atoms with Crippen molar-refractivity contribution in [2.24, 2.45) is 5.41 Å². The van der Waals surface area contributed by atoms with Crippen LogP contribution in [-0.4, -0.2) is 38.0 Å². The first kappa shape index (κ1) is 8.49. The van der Waals surface area contributed by atoms with Crippen molar-refractivity contribution in [1.29, 1.82) is 0 Å². The molecule has 1 aliphatic rings. The molecule has 1 heterocycles. The van der Waals surface area contributed by atoms with Crippen molar-refractivity contribution >= 4 is 5.97 Å². The molecule has 1 saturated heterocycles. The Hall–Kier alpha value is -0.610. The van der Waals surface area contributed by atoms with Crippen molar-refractivity contribution in [1.82, 2.24) is 0 Å². The van der Waals surface area contributed by atoms with Gasteiger partial charge in [-0.05, 0) is 6.42 Å². The van der Waals surface area contributed by atoms with Gasteiger partial charge in [-0.1, -0.05) is 0 Å². The maximum Gasteiger partial charge on any atom is 0.316 e. The average molecular weight is 160 g/mol. The second-order valence-electron chi connectivity index (χ2n) is 2.74. The molecule has 4 nitrogen and oxygen atoms in total. The summed E-state index contributed by atoms with van der Waals surface area (Å²) in [5.41, 5.74) is -0.552. The smallest absolute Gasteiger partial charge is 0.316 e. The largest absolute Gasteiger partial charge is 0.468 e. The van der Waals surface area contributed by atoms with E-state index in [-0.39, 0.29) is 12.6 Å². The minimum atomic E-state index is -0.552. The first-order chi connectivity index (χ1) is 5.25. The number of ether oxygens (including phenoxy) is 2. The van der Waals surface area contributed by atoms with Crippen molar-refractivity contribution in [2.75, 3.05) is 26.9 Å². The molecule has 0 radical (unpaired) electrons. The van der Waals surface area contributed by atoms with Crippen molar-refractivity contribution in [3.05, 3.63) is 0 Å². The molecule has 1 rings (SSSR count). The van der Waals surface area contributed by atoms with E-state index >= 15 is 0 Å². The van der Waals surface area contributed by atoms with Crippen molar-refractivity contribution in [3.8, 4) is 0 Å². The first-order valence-corrected chi connectivity index (χ1v) is 3.52. The normalized spacial score (nSPS) is 20.5. The van der Waals surface area contributed by atoms with Gasteiger partial charge >= 0.3 is 5.97 Å². The lowest BCUT2D eigenvalue weighted by atomic mass is 9.83. The molecule has 0 aromatic carbocycles. The minimum Gasteiger partial charge on any atom is -0.468 e. The molecule has 64 valence electrons. The summed E-state index contributed by atoms with van der Waals surface area (Å²) in [5, 5.41) is 8.65. The lowest BCUT2D eigenvalue weighted by Gasteiger charge is -2.37. The number of carbonyl (C=O) groups excluding carboxylic acids is 1. The molecule has 0 amide bonds. The third-order valence-corrected chi connectivity index (χ3v) is 1.97. The summed E-state index contributed by atoms with van der Waals surface area (Å²) in [6, 6.07) is 0. The van der Waals surface area contributed by atoms with E-state index in [1.165, 1.54) is 7.11 Å². The van der Waals surface area contributed by atoms with Crippen LogP contribution >= 0.6 is 0 Å². The average Bonchev–Trinajstić information content (AvgIpc) is 1.95. The van der Waals surface area contributed by atoms with E-state index in [2.05, 4.69) is 4.74 Å². The zero-order valence-electron chi connectivity index (χ0n) is 6.50. The van der Waals surface area contributed by atoms with E-state index < -0.39 is 5.41 Å². The Morgan fingerprint density at radius 2 is 2.36 bits per heavy atom. The van der Waals surface area contributed by atoms with Crippen molar-refractivity contribution < 1.29 is 19.4 Å². The van der Waals surface area contributed by atoms with E-state index in [9.17, 15) is 4.79 Å². The van der Waals surface area contributed by atoms with Crippen LogP contribution in [0.5, 0.6) is 0 Å². The fraction of sp³-hybridized carbons (Fsp3) is 0.857. The fourth-order valence-electron chi connectivity index (χ4n) is 1.14. The number of hydrogen-bond acceptors (Lipinski definition) is 4. The van der Waals surface area contributed by atoms with Crippen molar-refractivity contribution in [2.45, 2.75) is 6.42 Å². The molecule has 0 unspecified atom stereocenters. The highest BCUT2D eigenvalue weighted by atomic mass is 16.5. The lowest BCUT2D eigenvalue weighted by Crippen LogP contribution is -2.50. The molecule has 0 aromatic heterocycles. The first-order valence-electron chi connectivity index (χ1n) is 3.52. The van der Waals surface area contributed by atoms with Gasteiger partial charge in [0.05, 0.1) is 20.3 Å². The van der Waals surface area contributed by atoms with Crippen molar-refractivity contribution in [3.63, 3.8) is 0 Å². The zero-order valence-corrected chi connectivity index (χ0v) is 6.50. The van der Waals surface area contributed by atoms with Crippen LogP contribution in [0.1, 0.15) is 6.42 Å².